The Hall–Kier alpha value is -1.27. The maximum Gasteiger partial charge on any atom is 0.253 e. The molecule has 0 radical (unpaired) electrons. The van der Waals surface area contributed by atoms with Gasteiger partial charge in [0.2, 0.25) is 0 Å². The summed E-state index contributed by atoms with van der Waals surface area (Å²) < 4.78 is 0.739. The number of hydrogen-bond donors (Lipinski definition) is 2. The lowest BCUT2D eigenvalue weighted by Crippen LogP contribution is -2.30. The van der Waals surface area contributed by atoms with Gasteiger partial charge in [-0.25, -0.2) is 0 Å². The smallest absolute Gasteiger partial charge is 0.253 e. The second-order valence-electron chi connectivity index (χ2n) is 3.73. The molecule has 0 fully saturated rings. The summed E-state index contributed by atoms with van der Waals surface area (Å²) in [6, 6.07) is 4.98. The monoisotopic (exact) mass is 333 g/mol. The molecular formula is C11H13BrClN3O2. The summed E-state index contributed by atoms with van der Waals surface area (Å²) in [6.45, 7) is 0.360. The van der Waals surface area contributed by atoms with Gasteiger partial charge in [0, 0.05) is 35.1 Å². The molecule has 0 aliphatic rings. The van der Waals surface area contributed by atoms with Crippen molar-refractivity contribution in [2.24, 2.45) is 10.9 Å². The Morgan fingerprint density at radius 2 is 2.22 bits per heavy atom. The zero-order chi connectivity index (χ0) is 13.7. The van der Waals surface area contributed by atoms with Crippen LogP contribution in [0.4, 0.5) is 0 Å². The third-order valence-electron chi connectivity index (χ3n) is 2.29. The minimum absolute atomic E-state index is 0.0851. The van der Waals surface area contributed by atoms with Crippen LogP contribution >= 0.6 is 27.5 Å². The van der Waals surface area contributed by atoms with Crippen molar-refractivity contribution in [1.29, 1.82) is 0 Å². The van der Waals surface area contributed by atoms with E-state index in [4.69, 9.17) is 22.5 Å². The molecule has 0 aliphatic carbocycles. The highest BCUT2D eigenvalue weighted by Gasteiger charge is 2.13. The summed E-state index contributed by atoms with van der Waals surface area (Å²) in [7, 11) is 1.64. The molecule has 0 spiro atoms. The molecule has 3 N–H and O–H groups in total. The SMILES string of the molecule is CN(CC/C(N)=N/O)C(=O)c1cc(Cl)cc(Br)c1. The summed E-state index contributed by atoms with van der Waals surface area (Å²) in [5, 5.41) is 11.7. The lowest BCUT2D eigenvalue weighted by molar-refractivity contribution is 0.0798. The van der Waals surface area contributed by atoms with E-state index in [0.29, 0.717) is 23.6 Å². The average Bonchev–Trinajstić information content (AvgIpc) is 2.33. The molecule has 1 rings (SSSR count). The van der Waals surface area contributed by atoms with Gasteiger partial charge in [-0.2, -0.15) is 0 Å². The number of amidine groups is 1. The molecule has 0 bridgehead atoms. The Kier molecular flexibility index (Phi) is 5.43. The lowest BCUT2D eigenvalue weighted by Gasteiger charge is -2.17. The molecular weight excluding hydrogens is 321 g/mol. The van der Waals surface area contributed by atoms with E-state index >= 15 is 0 Å². The maximum atomic E-state index is 12.1. The van der Waals surface area contributed by atoms with Gasteiger partial charge in [0.05, 0.1) is 0 Å². The van der Waals surface area contributed by atoms with Crippen LogP contribution in [0.3, 0.4) is 0 Å². The van der Waals surface area contributed by atoms with Crippen LogP contribution in [0, 0.1) is 0 Å². The predicted octanol–water partition coefficient (Wildman–Crippen LogP) is 2.31. The van der Waals surface area contributed by atoms with Crippen LogP contribution in [-0.2, 0) is 0 Å². The normalized spacial score (nSPS) is 11.4. The summed E-state index contributed by atoms with van der Waals surface area (Å²) in [5.41, 5.74) is 5.82. The van der Waals surface area contributed by atoms with Crippen molar-refractivity contribution in [3.8, 4) is 0 Å². The second kappa shape index (κ2) is 6.61. The summed E-state index contributed by atoms with van der Waals surface area (Å²) in [5.74, 6) is -0.0918. The van der Waals surface area contributed by atoms with Gasteiger partial charge in [0.1, 0.15) is 5.84 Å². The third kappa shape index (κ3) is 4.19. The Labute approximate surface area is 118 Å². The first-order valence-electron chi connectivity index (χ1n) is 5.12. The molecule has 7 heteroatoms. The minimum atomic E-state index is -0.177. The van der Waals surface area contributed by atoms with Gasteiger partial charge in [-0.3, -0.25) is 4.79 Å². The summed E-state index contributed by atoms with van der Waals surface area (Å²) >= 11 is 9.15. The molecule has 0 unspecified atom stereocenters. The topological polar surface area (TPSA) is 78.9 Å². The molecule has 1 amide bonds. The van der Waals surface area contributed by atoms with Gasteiger partial charge in [-0.1, -0.05) is 32.7 Å². The molecule has 0 saturated carbocycles. The van der Waals surface area contributed by atoms with Crippen LogP contribution < -0.4 is 5.73 Å². The van der Waals surface area contributed by atoms with Crippen molar-refractivity contribution in [1.82, 2.24) is 4.90 Å². The van der Waals surface area contributed by atoms with Crippen LogP contribution in [0.5, 0.6) is 0 Å². The van der Waals surface area contributed by atoms with E-state index in [1.807, 2.05) is 0 Å². The van der Waals surface area contributed by atoms with E-state index in [-0.39, 0.29) is 11.7 Å². The van der Waals surface area contributed by atoms with Crippen molar-refractivity contribution >= 4 is 39.3 Å². The van der Waals surface area contributed by atoms with Gasteiger partial charge in [-0.05, 0) is 18.2 Å². The first-order chi connectivity index (χ1) is 8.43. The zero-order valence-electron chi connectivity index (χ0n) is 9.73. The maximum absolute atomic E-state index is 12.1. The number of oxime groups is 1. The van der Waals surface area contributed by atoms with Crippen molar-refractivity contribution in [3.63, 3.8) is 0 Å². The van der Waals surface area contributed by atoms with Gasteiger partial charge < -0.3 is 15.8 Å². The quantitative estimate of drug-likeness (QED) is 0.384. The molecule has 18 heavy (non-hydrogen) atoms. The van der Waals surface area contributed by atoms with E-state index in [2.05, 4.69) is 21.1 Å². The van der Waals surface area contributed by atoms with E-state index in [0.717, 1.165) is 4.47 Å². The predicted molar refractivity (Wildman–Crippen MR) is 74.1 cm³/mol. The van der Waals surface area contributed by atoms with Crippen molar-refractivity contribution < 1.29 is 10.0 Å². The lowest BCUT2D eigenvalue weighted by atomic mass is 10.2. The zero-order valence-corrected chi connectivity index (χ0v) is 12.1. The summed E-state index contributed by atoms with van der Waals surface area (Å²) in [6.07, 6.45) is 0.306. The number of rotatable bonds is 4. The average molecular weight is 335 g/mol. The molecule has 1 aromatic carbocycles. The number of nitrogens with zero attached hydrogens (tertiary/aromatic N) is 2. The number of hydrogen-bond acceptors (Lipinski definition) is 3. The van der Waals surface area contributed by atoms with Crippen LogP contribution in [0.15, 0.2) is 27.8 Å². The van der Waals surface area contributed by atoms with Crippen LogP contribution in [0.2, 0.25) is 5.02 Å². The van der Waals surface area contributed by atoms with E-state index in [1.165, 1.54) is 4.90 Å². The van der Waals surface area contributed by atoms with E-state index < -0.39 is 0 Å². The Bertz CT molecular complexity index is 459. The molecule has 0 heterocycles. The second-order valence-corrected chi connectivity index (χ2v) is 5.08. The summed E-state index contributed by atoms with van der Waals surface area (Å²) in [4.78, 5) is 13.5. The van der Waals surface area contributed by atoms with Crippen molar-refractivity contribution in [3.05, 3.63) is 33.3 Å². The minimum Gasteiger partial charge on any atom is -0.409 e. The Morgan fingerprint density at radius 3 is 2.78 bits per heavy atom. The molecule has 1 aromatic rings. The Balaban J connectivity index is 2.74. The molecule has 5 nitrogen and oxygen atoms in total. The standard InChI is InChI=1S/C11H13BrClN3O2/c1-16(3-2-10(14)15-18)11(17)7-4-8(12)6-9(13)5-7/h4-6,18H,2-3H2,1H3,(H2,14,15). The highest BCUT2D eigenvalue weighted by atomic mass is 79.9. The van der Waals surface area contributed by atoms with Gasteiger partial charge in [-0.15, -0.1) is 0 Å². The number of amides is 1. The number of carbonyl (C=O) groups is 1. The highest BCUT2D eigenvalue weighted by Crippen LogP contribution is 2.20. The molecule has 0 atom stereocenters. The fraction of sp³-hybridized carbons (Fsp3) is 0.273. The van der Waals surface area contributed by atoms with Crippen LogP contribution in [0.25, 0.3) is 0 Å². The number of carbonyl (C=O) groups excluding carboxylic acids is 1. The van der Waals surface area contributed by atoms with Crippen LogP contribution in [-0.4, -0.2) is 35.4 Å². The molecule has 0 aromatic heterocycles. The number of nitrogens with two attached hydrogens (primary N) is 1. The molecule has 0 saturated heterocycles. The van der Waals surface area contributed by atoms with Crippen molar-refractivity contribution in [2.45, 2.75) is 6.42 Å². The largest absolute Gasteiger partial charge is 0.409 e. The van der Waals surface area contributed by atoms with E-state index in [1.54, 1.807) is 25.2 Å². The fourth-order valence-electron chi connectivity index (χ4n) is 1.33. The number of halogens is 2. The molecule has 98 valence electrons. The molecule has 0 aliphatic heterocycles. The fourth-order valence-corrected chi connectivity index (χ4v) is 2.19. The third-order valence-corrected chi connectivity index (χ3v) is 2.96. The first kappa shape index (κ1) is 14.8. The van der Waals surface area contributed by atoms with E-state index in [9.17, 15) is 4.79 Å². The highest BCUT2D eigenvalue weighted by molar-refractivity contribution is 9.10. The van der Waals surface area contributed by atoms with Gasteiger partial charge in [0.25, 0.3) is 5.91 Å². The van der Waals surface area contributed by atoms with Crippen LogP contribution in [0.1, 0.15) is 16.8 Å². The Morgan fingerprint density at radius 1 is 1.56 bits per heavy atom. The van der Waals surface area contributed by atoms with Crippen molar-refractivity contribution in [2.75, 3.05) is 13.6 Å². The van der Waals surface area contributed by atoms with Gasteiger partial charge >= 0.3 is 0 Å². The number of benzene rings is 1. The van der Waals surface area contributed by atoms with Gasteiger partial charge in [0.15, 0.2) is 0 Å². The first-order valence-corrected chi connectivity index (χ1v) is 6.29.